The molecule has 0 aromatic rings. The zero-order valence-electron chi connectivity index (χ0n) is 7.92. The number of hydrogen-bond donors (Lipinski definition) is 2. The molecule has 0 saturated heterocycles. The smallest absolute Gasteiger partial charge is 0.184 e. The monoisotopic (exact) mass is 187 g/mol. The van der Waals surface area contributed by atoms with Gasteiger partial charge in [0.2, 0.25) is 0 Å². The highest BCUT2D eigenvalue weighted by Gasteiger charge is 2.06. The van der Waals surface area contributed by atoms with Gasteiger partial charge in [0.1, 0.15) is 0 Å². The molecule has 0 atom stereocenters. The lowest BCUT2D eigenvalue weighted by Crippen LogP contribution is -2.26. The van der Waals surface area contributed by atoms with E-state index in [1.165, 1.54) is 0 Å². The van der Waals surface area contributed by atoms with Crippen LogP contribution in [-0.2, 0) is 0 Å². The highest BCUT2D eigenvalue weighted by molar-refractivity contribution is 7.80. The molecular formula is C8H17N3S. The van der Waals surface area contributed by atoms with Gasteiger partial charge in [0, 0.05) is 5.71 Å². The molecule has 0 aromatic heterocycles. The van der Waals surface area contributed by atoms with Crippen LogP contribution in [0.5, 0.6) is 0 Å². The second-order valence-electron chi connectivity index (χ2n) is 2.74. The van der Waals surface area contributed by atoms with Gasteiger partial charge in [0.15, 0.2) is 5.11 Å². The molecule has 0 aliphatic carbocycles. The third kappa shape index (κ3) is 4.28. The fraction of sp³-hybridized carbons (Fsp3) is 0.750. The fourth-order valence-corrected chi connectivity index (χ4v) is 1.16. The van der Waals surface area contributed by atoms with Gasteiger partial charge in [-0.2, -0.15) is 5.10 Å². The van der Waals surface area contributed by atoms with E-state index in [1.807, 2.05) is 6.92 Å². The minimum Gasteiger partial charge on any atom is -0.375 e. The van der Waals surface area contributed by atoms with Crippen molar-refractivity contribution < 1.29 is 0 Å². The average Bonchev–Trinajstić information content (AvgIpc) is 2.03. The van der Waals surface area contributed by atoms with Crippen LogP contribution in [0.25, 0.3) is 0 Å². The van der Waals surface area contributed by atoms with Crippen LogP contribution in [-0.4, -0.2) is 10.8 Å². The van der Waals surface area contributed by atoms with E-state index in [2.05, 4.69) is 36.6 Å². The molecule has 0 aromatic carbocycles. The maximum Gasteiger partial charge on any atom is 0.184 e. The lowest BCUT2D eigenvalue weighted by molar-refractivity contribution is 0.635. The summed E-state index contributed by atoms with van der Waals surface area (Å²) in [5.74, 6) is 0.534. The summed E-state index contributed by atoms with van der Waals surface area (Å²) in [6.45, 7) is 6.28. The Hall–Kier alpha value is -0.640. The first kappa shape index (κ1) is 11.4. The van der Waals surface area contributed by atoms with Crippen LogP contribution in [0.4, 0.5) is 0 Å². The summed E-state index contributed by atoms with van der Waals surface area (Å²) in [6.07, 6.45) is 2.20. The summed E-state index contributed by atoms with van der Waals surface area (Å²) in [4.78, 5) is 0. The Morgan fingerprint density at radius 1 is 1.50 bits per heavy atom. The number of hydrazone groups is 1. The quantitative estimate of drug-likeness (QED) is 0.399. The van der Waals surface area contributed by atoms with Crippen molar-refractivity contribution in [1.29, 1.82) is 0 Å². The summed E-state index contributed by atoms with van der Waals surface area (Å²) < 4.78 is 0. The van der Waals surface area contributed by atoms with Gasteiger partial charge in [-0.15, -0.1) is 0 Å². The zero-order chi connectivity index (χ0) is 9.56. The summed E-state index contributed by atoms with van der Waals surface area (Å²) in [5.41, 5.74) is 8.89. The van der Waals surface area contributed by atoms with Crippen LogP contribution in [0.15, 0.2) is 5.10 Å². The van der Waals surface area contributed by atoms with Crippen molar-refractivity contribution in [3.8, 4) is 0 Å². The normalized spacial score (nSPS) is 11.8. The SMILES string of the molecule is CCC(CC)C(C)=NNC(N)=S. The van der Waals surface area contributed by atoms with Gasteiger partial charge in [-0.25, -0.2) is 0 Å². The van der Waals surface area contributed by atoms with Gasteiger partial charge >= 0.3 is 0 Å². The summed E-state index contributed by atoms with van der Waals surface area (Å²) >= 11 is 4.63. The van der Waals surface area contributed by atoms with Crippen molar-refractivity contribution in [2.24, 2.45) is 16.8 Å². The molecule has 3 N–H and O–H groups in total. The van der Waals surface area contributed by atoms with Crippen LogP contribution in [0.3, 0.4) is 0 Å². The van der Waals surface area contributed by atoms with E-state index in [0.717, 1.165) is 18.6 Å². The van der Waals surface area contributed by atoms with E-state index in [-0.39, 0.29) is 5.11 Å². The Labute approximate surface area is 79.4 Å². The molecule has 70 valence electrons. The average molecular weight is 187 g/mol. The van der Waals surface area contributed by atoms with Gasteiger partial charge < -0.3 is 5.73 Å². The highest BCUT2D eigenvalue weighted by atomic mass is 32.1. The van der Waals surface area contributed by atoms with Crippen molar-refractivity contribution in [3.63, 3.8) is 0 Å². The van der Waals surface area contributed by atoms with E-state index in [9.17, 15) is 0 Å². The van der Waals surface area contributed by atoms with Crippen LogP contribution in [0.2, 0.25) is 0 Å². The van der Waals surface area contributed by atoms with Crippen molar-refractivity contribution in [2.75, 3.05) is 0 Å². The minimum absolute atomic E-state index is 0.223. The van der Waals surface area contributed by atoms with Crippen LogP contribution in [0.1, 0.15) is 33.6 Å². The number of nitrogens with zero attached hydrogens (tertiary/aromatic N) is 1. The molecule has 0 bridgehead atoms. The van der Waals surface area contributed by atoms with Crippen molar-refractivity contribution in [1.82, 2.24) is 5.43 Å². The molecule has 0 unspecified atom stereocenters. The maximum atomic E-state index is 5.24. The molecule has 0 aliphatic heterocycles. The number of rotatable bonds is 4. The Kier molecular flexibility index (Phi) is 5.62. The zero-order valence-corrected chi connectivity index (χ0v) is 8.74. The molecule has 4 heteroatoms. The largest absolute Gasteiger partial charge is 0.375 e. The van der Waals surface area contributed by atoms with Gasteiger partial charge in [-0.1, -0.05) is 13.8 Å². The van der Waals surface area contributed by atoms with E-state index in [0.29, 0.717) is 5.92 Å². The van der Waals surface area contributed by atoms with Crippen LogP contribution in [0, 0.1) is 5.92 Å². The van der Waals surface area contributed by atoms with Gasteiger partial charge in [0.05, 0.1) is 0 Å². The first-order chi connectivity index (χ1) is 5.61. The van der Waals surface area contributed by atoms with Crippen molar-refractivity contribution in [3.05, 3.63) is 0 Å². The van der Waals surface area contributed by atoms with E-state index in [1.54, 1.807) is 0 Å². The van der Waals surface area contributed by atoms with Gasteiger partial charge in [0.25, 0.3) is 0 Å². The Bertz CT molecular complexity index is 173. The summed E-state index contributed by atoms with van der Waals surface area (Å²) in [5, 5.41) is 4.29. The molecule has 0 aliphatic rings. The second kappa shape index (κ2) is 5.94. The number of nitrogens with two attached hydrogens (primary N) is 1. The third-order valence-electron chi connectivity index (χ3n) is 1.92. The third-order valence-corrected chi connectivity index (χ3v) is 2.01. The van der Waals surface area contributed by atoms with E-state index >= 15 is 0 Å². The van der Waals surface area contributed by atoms with Crippen molar-refractivity contribution >= 4 is 23.0 Å². The van der Waals surface area contributed by atoms with Crippen molar-refractivity contribution in [2.45, 2.75) is 33.6 Å². The molecular weight excluding hydrogens is 170 g/mol. The van der Waals surface area contributed by atoms with E-state index in [4.69, 9.17) is 5.73 Å². The summed E-state index contributed by atoms with van der Waals surface area (Å²) in [6, 6.07) is 0. The van der Waals surface area contributed by atoms with Crippen LogP contribution < -0.4 is 11.2 Å². The van der Waals surface area contributed by atoms with Crippen LogP contribution >= 0.6 is 12.2 Å². The standard InChI is InChI=1S/C8H17N3S/c1-4-7(5-2)6(3)10-11-8(9)12/h7H,4-5H2,1-3H3,(H3,9,11,12). The predicted molar refractivity (Wildman–Crippen MR) is 57.1 cm³/mol. The van der Waals surface area contributed by atoms with E-state index < -0.39 is 0 Å². The molecule has 0 amide bonds. The lowest BCUT2D eigenvalue weighted by atomic mass is 9.99. The number of hydrogen-bond acceptors (Lipinski definition) is 2. The highest BCUT2D eigenvalue weighted by Crippen LogP contribution is 2.08. The molecule has 0 saturated carbocycles. The Morgan fingerprint density at radius 2 is 2.00 bits per heavy atom. The number of thiocarbonyl (C=S) groups is 1. The summed E-state index contributed by atoms with van der Waals surface area (Å²) in [7, 11) is 0. The predicted octanol–water partition coefficient (Wildman–Crippen LogP) is 1.63. The lowest BCUT2D eigenvalue weighted by Gasteiger charge is -2.11. The first-order valence-electron chi connectivity index (χ1n) is 4.21. The van der Waals surface area contributed by atoms with Gasteiger partial charge in [-0.3, -0.25) is 5.43 Å². The molecule has 0 spiro atoms. The first-order valence-corrected chi connectivity index (χ1v) is 4.62. The van der Waals surface area contributed by atoms with Gasteiger partial charge in [-0.05, 0) is 37.9 Å². The molecule has 0 fully saturated rings. The molecule has 0 heterocycles. The second-order valence-corrected chi connectivity index (χ2v) is 3.18. The molecule has 0 rings (SSSR count). The Morgan fingerprint density at radius 3 is 2.33 bits per heavy atom. The maximum absolute atomic E-state index is 5.24. The fourth-order valence-electron chi connectivity index (χ4n) is 1.11. The molecule has 0 radical (unpaired) electrons. The number of nitrogens with one attached hydrogen (secondary N) is 1. The topological polar surface area (TPSA) is 50.4 Å². The Balaban J connectivity index is 4.04. The molecule has 3 nitrogen and oxygen atoms in total. The minimum atomic E-state index is 0.223. The molecule has 12 heavy (non-hydrogen) atoms.